The van der Waals surface area contributed by atoms with Gasteiger partial charge in [-0.15, -0.1) is 0 Å². The summed E-state index contributed by atoms with van der Waals surface area (Å²) in [5, 5.41) is 9.81. The molecule has 0 heterocycles. The van der Waals surface area contributed by atoms with Crippen LogP contribution >= 0.6 is 8.38 Å². The van der Waals surface area contributed by atoms with Gasteiger partial charge in [-0.25, -0.2) is 0 Å². The molecule has 0 unspecified atom stereocenters. The van der Waals surface area contributed by atoms with Crippen molar-refractivity contribution in [3.8, 4) is 11.5 Å². The summed E-state index contributed by atoms with van der Waals surface area (Å²) in [7, 11) is -1.37. The molecule has 0 radical (unpaired) electrons. The van der Waals surface area contributed by atoms with E-state index in [2.05, 4.69) is 119 Å². The van der Waals surface area contributed by atoms with Gasteiger partial charge in [0.1, 0.15) is 11.5 Å². The Bertz CT molecular complexity index is 889. The fourth-order valence-corrected chi connectivity index (χ4v) is 4.88. The standard InChI is InChI=1S/C30H47O3P/c1-27(2,3)21-13-15-25(23(19-21)29(7,8)9)32-34(18-17-31)33-26-16-14-22(28(4,5)6)20-24(26)30(10,11)12/h13-16,19-20,31H,17-18H2,1-12H3. The van der Waals surface area contributed by atoms with Gasteiger partial charge in [-0.1, -0.05) is 107 Å². The van der Waals surface area contributed by atoms with Gasteiger partial charge in [-0.05, 0) is 44.9 Å². The third-order valence-corrected chi connectivity index (χ3v) is 7.36. The molecule has 0 saturated carbocycles. The third-order valence-electron chi connectivity index (χ3n) is 5.99. The van der Waals surface area contributed by atoms with Gasteiger partial charge in [0.25, 0.3) is 8.38 Å². The Morgan fingerprint density at radius 3 is 1.21 bits per heavy atom. The Hall–Kier alpha value is -1.57. The summed E-state index contributed by atoms with van der Waals surface area (Å²) in [6.07, 6.45) is 0.449. The minimum Gasteiger partial charge on any atom is -0.438 e. The average Bonchev–Trinajstić information content (AvgIpc) is 2.65. The zero-order valence-electron chi connectivity index (χ0n) is 23.6. The number of aliphatic hydroxyl groups excluding tert-OH is 1. The number of benzene rings is 2. The van der Waals surface area contributed by atoms with Gasteiger partial charge in [0.2, 0.25) is 0 Å². The van der Waals surface area contributed by atoms with Gasteiger partial charge >= 0.3 is 0 Å². The van der Waals surface area contributed by atoms with Crippen LogP contribution in [0.15, 0.2) is 36.4 Å². The Labute approximate surface area is 210 Å². The molecule has 0 aliphatic rings. The molecule has 4 heteroatoms. The second-order valence-corrected chi connectivity index (χ2v) is 14.9. The van der Waals surface area contributed by atoms with Gasteiger partial charge in [0.05, 0.1) is 12.8 Å². The SMILES string of the molecule is CC(C)(C)c1ccc(OP(CCO)Oc2ccc(C(C)(C)C)cc2C(C)(C)C)c(C(C)(C)C)c1. The average molecular weight is 487 g/mol. The minimum absolute atomic E-state index is 0.0154. The van der Waals surface area contributed by atoms with Gasteiger partial charge in [-0.2, -0.15) is 0 Å². The van der Waals surface area contributed by atoms with Crippen molar-refractivity contribution in [2.24, 2.45) is 0 Å². The van der Waals surface area contributed by atoms with Crippen molar-refractivity contribution in [1.29, 1.82) is 0 Å². The molecule has 0 fully saturated rings. The highest BCUT2D eigenvalue weighted by Gasteiger charge is 2.28. The van der Waals surface area contributed by atoms with E-state index in [0.717, 1.165) is 22.6 Å². The zero-order chi connectivity index (χ0) is 26.1. The molecular formula is C30H47O3P. The Kier molecular flexibility index (Phi) is 8.60. The van der Waals surface area contributed by atoms with Gasteiger partial charge in [0, 0.05) is 11.1 Å². The summed E-state index contributed by atoms with van der Waals surface area (Å²) < 4.78 is 13.1. The number of hydrogen-bond donors (Lipinski definition) is 1. The van der Waals surface area contributed by atoms with Gasteiger partial charge < -0.3 is 14.2 Å². The van der Waals surface area contributed by atoms with E-state index in [9.17, 15) is 5.11 Å². The maximum Gasteiger partial charge on any atom is 0.292 e. The first-order valence-corrected chi connectivity index (χ1v) is 13.7. The van der Waals surface area contributed by atoms with E-state index in [-0.39, 0.29) is 28.3 Å². The van der Waals surface area contributed by atoms with Crippen molar-refractivity contribution in [3.63, 3.8) is 0 Å². The summed E-state index contributed by atoms with van der Waals surface area (Å²) >= 11 is 0. The molecule has 3 nitrogen and oxygen atoms in total. The van der Waals surface area contributed by atoms with Gasteiger partial charge in [-0.3, -0.25) is 0 Å². The lowest BCUT2D eigenvalue weighted by Gasteiger charge is -2.30. The van der Waals surface area contributed by atoms with Crippen LogP contribution in [-0.4, -0.2) is 17.9 Å². The fraction of sp³-hybridized carbons (Fsp3) is 0.600. The summed E-state index contributed by atoms with van der Waals surface area (Å²) in [6, 6.07) is 13.0. The number of rotatable bonds is 6. The quantitative estimate of drug-likeness (QED) is 0.415. The molecular weight excluding hydrogens is 439 g/mol. The smallest absolute Gasteiger partial charge is 0.292 e. The van der Waals surface area contributed by atoms with Crippen molar-refractivity contribution < 1.29 is 14.2 Å². The molecule has 0 aliphatic carbocycles. The summed E-state index contributed by atoms with van der Waals surface area (Å²) in [4.78, 5) is 0. The molecule has 2 rings (SSSR count). The molecule has 0 spiro atoms. The lowest BCUT2D eigenvalue weighted by Crippen LogP contribution is -2.19. The van der Waals surface area contributed by atoms with Crippen LogP contribution in [0.3, 0.4) is 0 Å². The third kappa shape index (κ3) is 7.46. The normalized spacial score (nSPS) is 13.4. The molecule has 0 amide bonds. The van der Waals surface area contributed by atoms with Crippen LogP contribution in [0.25, 0.3) is 0 Å². The lowest BCUT2D eigenvalue weighted by atomic mass is 9.80. The minimum atomic E-state index is -1.37. The van der Waals surface area contributed by atoms with Crippen LogP contribution in [0.2, 0.25) is 0 Å². The molecule has 0 atom stereocenters. The molecule has 0 bridgehead atoms. The first kappa shape index (κ1) is 28.7. The Morgan fingerprint density at radius 2 is 0.941 bits per heavy atom. The van der Waals surface area contributed by atoms with Crippen LogP contribution in [0, 0.1) is 0 Å². The van der Waals surface area contributed by atoms with E-state index in [1.807, 2.05) is 0 Å². The van der Waals surface area contributed by atoms with Crippen LogP contribution < -0.4 is 9.05 Å². The van der Waals surface area contributed by atoms with Crippen LogP contribution in [0.4, 0.5) is 0 Å². The highest BCUT2D eigenvalue weighted by Crippen LogP contribution is 2.47. The Morgan fingerprint density at radius 1 is 0.588 bits per heavy atom. The highest BCUT2D eigenvalue weighted by atomic mass is 31.2. The second kappa shape index (κ2) is 10.2. The van der Waals surface area contributed by atoms with Crippen LogP contribution in [0.5, 0.6) is 11.5 Å². The molecule has 1 N–H and O–H groups in total. The molecule has 34 heavy (non-hydrogen) atoms. The van der Waals surface area contributed by atoms with Crippen LogP contribution in [0.1, 0.15) is 105 Å². The van der Waals surface area contributed by atoms with Crippen molar-refractivity contribution in [1.82, 2.24) is 0 Å². The van der Waals surface area contributed by atoms with E-state index in [1.165, 1.54) is 11.1 Å². The van der Waals surface area contributed by atoms with E-state index >= 15 is 0 Å². The maximum atomic E-state index is 9.81. The van der Waals surface area contributed by atoms with Crippen molar-refractivity contribution in [3.05, 3.63) is 58.7 Å². The first-order chi connectivity index (χ1) is 15.3. The van der Waals surface area contributed by atoms with E-state index in [0.29, 0.717) is 6.16 Å². The molecule has 2 aromatic carbocycles. The summed E-state index contributed by atoms with van der Waals surface area (Å²) in [6.45, 7) is 26.6. The maximum absolute atomic E-state index is 9.81. The predicted molar refractivity (Wildman–Crippen MR) is 148 cm³/mol. The topological polar surface area (TPSA) is 38.7 Å². The van der Waals surface area contributed by atoms with E-state index in [4.69, 9.17) is 9.05 Å². The number of aliphatic hydroxyl groups is 1. The van der Waals surface area contributed by atoms with E-state index in [1.54, 1.807) is 0 Å². The highest BCUT2D eigenvalue weighted by molar-refractivity contribution is 7.48. The number of hydrogen-bond acceptors (Lipinski definition) is 3. The van der Waals surface area contributed by atoms with E-state index < -0.39 is 8.38 Å². The molecule has 0 aromatic heterocycles. The molecule has 0 aliphatic heterocycles. The van der Waals surface area contributed by atoms with Crippen molar-refractivity contribution in [2.45, 2.75) is 105 Å². The Balaban J connectivity index is 2.48. The zero-order valence-corrected chi connectivity index (χ0v) is 24.5. The van der Waals surface area contributed by atoms with Gasteiger partial charge in [0.15, 0.2) is 0 Å². The molecule has 190 valence electrons. The predicted octanol–water partition coefficient (Wildman–Crippen LogP) is 8.64. The monoisotopic (exact) mass is 486 g/mol. The summed E-state index contributed by atoms with van der Waals surface area (Å²) in [5.41, 5.74) is 4.84. The molecule has 0 saturated heterocycles. The fourth-order valence-electron chi connectivity index (χ4n) is 3.74. The first-order valence-electron chi connectivity index (χ1n) is 12.4. The largest absolute Gasteiger partial charge is 0.438 e. The van der Waals surface area contributed by atoms with Crippen molar-refractivity contribution in [2.75, 3.05) is 12.8 Å². The molecule has 2 aromatic rings. The lowest BCUT2D eigenvalue weighted by molar-refractivity contribution is 0.314. The van der Waals surface area contributed by atoms with Crippen molar-refractivity contribution >= 4 is 8.38 Å². The summed E-state index contributed by atoms with van der Waals surface area (Å²) in [5.74, 6) is 1.67. The van der Waals surface area contributed by atoms with Crippen LogP contribution in [-0.2, 0) is 21.7 Å². The second-order valence-electron chi connectivity index (χ2n) is 13.4.